The molecule has 2 aliphatic heterocycles. The normalized spacial score (nSPS) is 12.2. The van der Waals surface area contributed by atoms with Gasteiger partial charge in [-0.1, -0.05) is 188 Å². The first-order valence-electron chi connectivity index (χ1n) is 26.6. The molecule has 1 aromatic heterocycles. The van der Waals surface area contributed by atoms with Crippen LogP contribution in [-0.2, 0) is 0 Å². The second-order valence-electron chi connectivity index (χ2n) is 20.0. The summed E-state index contributed by atoms with van der Waals surface area (Å²) < 4.78 is 13.9. The van der Waals surface area contributed by atoms with Gasteiger partial charge in [-0.15, -0.1) is 0 Å². The summed E-state index contributed by atoms with van der Waals surface area (Å²) in [5, 5.41) is 2.15. The molecule has 0 radical (unpaired) electrons. The van der Waals surface area contributed by atoms with Crippen LogP contribution in [0, 0.1) is 0 Å². The van der Waals surface area contributed by atoms with Gasteiger partial charge in [0.25, 0.3) is 6.71 Å². The highest BCUT2D eigenvalue weighted by Crippen LogP contribution is 2.51. The molecule has 78 heavy (non-hydrogen) atoms. The first-order valence-corrected chi connectivity index (χ1v) is 26.6. The third-order valence-corrected chi connectivity index (χ3v) is 15.5. The molecule has 366 valence electrons. The molecule has 0 bridgehead atoms. The Morgan fingerprint density at radius 1 is 0.308 bits per heavy atom. The summed E-state index contributed by atoms with van der Waals surface area (Å²) in [6, 6.07) is 104. The van der Waals surface area contributed by atoms with Crippen LogP contribution >= 0.6 is 0 Å². The van der Waals surface area contributed by atoms with E-state index in [-0.39, 0.29) is 6.71 Å². The van der Waals surface area contributed by atoms with Gasteiger partial charge in [0, 0.05) is 73.5 Å². The molecular weight excluding hydrogens is 950 g/mol. The van der Waals surface area contributed by atoms with Crippen LogP contribution in [0.15, 0.2) is 296 Å². The van der Waals surface area contributed by atoms with Crippen molar-refractivity contribution in [1.82, 2.24) is 0 Å². The molecule has 2 aliphatic rings. The molecule has 0 saturated carbocycles. The molecule has 6 heteroatoms. The summed E-state index contributed by atoms with van der Waals surface area (Å²) in [5.74, 6) is 1.63. The maximum atomic E-state index is 7.52. The minimum Gasteiger partial charge on any atom is -0.458 e. The monoisotopic (exact) mass is 997 g/mol. The Morgan fingerprint density at radius 3 is 1.38 bits per heavy atom. The van der Waals surface area contributed by atoms with Gasteiger partial charge in [0.15, 0.2) is 0 Å². The van der Waals surface area contributed by atoms with Crippen LogP contribution in [0.25, 0.3) is 55.3 Å². The Bertz CT molecular complexity index is 4230. The molecule has 0 fully saturated rings. The lowest BCUT2D eigenvalue weighted by Gasteiger charge is -2.42. The van der Waals surface area contributed by atoms with Crippen LogP contribution in [0.2, 0.25) is 0 Å². The van der Waals surface area contributed by atoms with E-state index in [9.17, 15) is 0 Å². The minimum absolute atomic E-state index is 0.199. The lowest BCUT2D eigenvalue weighted by Crippen LogP contribution is -2.59. The molecule has 0 N–H and O–H groups in total. The van der Waals surface area contributed by atoms with Gasteiger partial charge in [-0.25, -0.2) is 0 Å². The second kappa shape index (κ2) is 18.8. The van der Waals surface area contributed by atoms with Gasteiger partial charge in [0.05, 0.1) is 5.69 Å². The van der Waals surface area contributed by atoms with E-state index in [0.717, 1.165) is 129 Å². The quantitative estimate of drug-likeness (QED) is 0.128. The predicted octanol–water partition coefficient (Wildman–Crippen LogP) is 17.9. The highest BCUT2D eigenvalue weighted by molar-refractivity contribution is 6.99. The molecule has 12 aromatic carbocycles. The van der Waals surface area contributed by atoms with Crippen LogP contribution in [0.5, 0.6) is 11.5 Å². The Labute approximate surface area is 453 Å². The van der Waals surface area contributed by atoms with E-state index in [2.05, 4.69) is 294 Å². The number of nitrogens with zero attached hydrogens (tertiary/aromatic N) is 3. The van der Waals surface area contributed by atoms with Gasteiger partial charge >= 0.3 is 0 Å². The van der Waals surface area contributed by atoms with E-state index in [0.29, 0.717) is 0 Å². The van der Waals surface area contributed by atoms with Gasteiger partial charge in [-0.05, 0) is 136 Å². The summed E-state index contributed by atoms with van der Waals surface area (Å²) in [6.45, 7) is -0.199. The summed E-state index contributed by atoms with van der Waals surface area (Å²) in [5.41, 5.74) is 21.2. The maximum absolute atomic E-state index is 7.52. The van der Waals surface area contributed by atoms with Crippen molar-refractivity contribution in [3.63, 3.8) is 0 Å². The number of ether oxygens (including phenoxy) is 1. The molecule has 0 atom stereocenters. The number of hydrogen-bond donors (Lipinski definition) is 0. The van der Waals surface area contributed by atoms with Crippen molar-refractivity contribution in [2.75, 3.05) is 14.7 Å². The zero-order valence-corrected chi connectivity index (χ0v) is 42.4. The van der Waals surface area contributed by atoms with Gasteiger partial charge in [-0.3, -0.25) is 0 Å². The van der Waals surface area contributed by atoms with Crippen LogP contribution in [0.1, 0.15) is 0 Å². The van der Waals surface area contributed by atoms with E-state index < -0.39 is 0 Å². The second-order valence-corrected chi connectivity index (χ2v) is 20.0. The van der Waals surface area contributed by atoms with Crippen molar-refractivity contribution in [2.24, 2.45) is 0 Å². The number of anilines is 9. The minimum atomic E-state index is -0.199. The van der Waals surface area contributed by atoms with Crippen molar-refractivity contribution in [1.29, 1.82) is 0 Å². The van der Waals surface area contributed by atoms with E-state index >= 15 is 0 Å². The number of para-hydroxylation sites is 6. The summed E-state index contributed by atoms with van der Waals surface area (Å²) in [6.07, 6.45) is 0. The van der Waals surface area contributed by atoms with Crippen LogP contribution < -0.4 is 35.8 Å². The standard InChI is InChI=1S/C72H48BN3O2/c1-7-22-49(23-8-1)59-35-21-36-60(50-24-9-2-10-25-50)72(59)76-65-47-57(74(53-26-11-3-12-27-53)54-28-13-4-14-29-54)39-41-63(65)73-64-42-40-58(75(55-30-15-5-16-31-55)56-32-17-6-18-33-56)48-69(64)78-70-46-52(45-66(76)71(70)73)51-38-43-68-62(44-51)61-34-19-20-37-67(61)77-68/h1-48H. The number of rotatable bonds is 10. The third-order valence-electron chi connectivity index (χ3n) is 15.5. The molecule has 0 aliphatic carbocycles. The first kappa shape index (κ1) is 45.1. The number of furan rings is 1. The van der Waals surface area contributed by atoms with E-state index in [1.807, 2.05) is 12.1 Å². The Balaban J connectivity index is 1.04. The average molecular weight is 998 g/mol. The van der Waals surface area contributed by atoms with Crippen molar-refractivity contribution in [2.45, 2.75) is 0 Å². The van der Waals surface area contributed by atoms with Crippen molar-refractivity contribution >= 4 is 96.2 Å². The SMILES string of the molecule is c1ccc(-c2cccc(-c3ccccc3)c2N2c3cc(N(c4ccccc4)c4ccccc4)ccc3B3c4ccc(N(c5ccccc5)c5ccccc5)cc4Oc4cc(-c5ccc6oc7ccccc7c6c5)cc2c43)cc1. The predicted molar refractivity (Wildman–Crippen MR) is 325 cm³/mol. The van der Waals surface area contributed by atoms with Crippen LogP contribution in [-0.4, -0.2) is 6.71 Å². The smallest absolute Gasteiger partial charge is 0.256 e. The Kier molecular flexibility index (Phi) is 10.9. The fraction of sp³-hybridized carbons (Fsp3) is 0. The summed E-state index contributed by atoms with van der Waals surface area (Å²) >= 11 is 0. The fourth-order valence-electron chi connectivity index (χ4n) is 12.0. The zero-order valence-electron chi connectivity index (χ0n) is 42.4. The molecule has 0 unspecified atom stereocenters. The first-order chi connectivity index (χ1) is 38.7. The number of fused-ring (bicyclic) bond motifs is 7. The lowest BCUT2D eigenvalue weighted by atomic mass is 9.34. The van der Waals surface area contributed by atoms with Gasteiger partial charge < -0.3 is 23.9 Å². The third kappa shape index (κ3) is 7.64. The lowest BCUT2D eigenvalue weighted by molar-refractivity contribution is 0.488. The van der Waals surface area contributed by atoms with E-state index in [4.69, 9.17) is 9.15 Å². The molecule has 15 rings (SSSR count). The van der Waals surface area contributed by atoms with E-state index in [1.54, 1.807) is 0 Å². The highest BCUT2D eigenvalue weighted by atomic mass is 16.5. The number of hydrogen-bond acceptors (Lipinski definition) is 5. The van der Waals surface area contributed by atoms with Gasteiger partial charge in [-0.2, -0.15) is 0 Å². The van der Waals surface area contributed by atoms with Crippen molar-refractivity contribution in [3.05, 3.63) is 291 Å². The largest absolute Gasteiger partial charge is 0.458 e. The molecule has 3 heterocycles. The molecule has 0 spiro atoms. The van der Waals surface area contributed by atoms with Gasteiger partial charge in [0.2, 0.25) is 0 Å². The molecular formula is C72H48BN3O2. The molecule has 0 amide bonds. The Morgan fingerprint density at radius 2 is 0.808 bits per heavy atom. The van der Waals surface area contributed by atoms with Gasteiger partial charge in [0.1, 0.15) is 22.7 Å². The zero-order chi connectivity index (χ0) is 51.5. The fourth-order valence-corrected chi connectivity index (χ4v) is 12.0. The van der Waals surface area contributed by atoms with Crippen molar-refractivity contribution < 1.29 is 9.15 Å². The summed E-state index contributed by atoms with van der Waals surface area (Å²) in [4.78, 5) is 7.23. The highest BCUT2D eigenvalue weighted by Gasteiger charge is 2.44. The van der Waals surface area contributed by atoms with Crippen molar-refractivity contribution in [3.8, 4) is 44.9 Å². The summed E-state index contributed by atoms with van der Waals surface area (Å²) in [7, 11) is 0. The maximum Gasteiger partial charge on any atom is 0.256 e. The molecule has 5 nitrogen and oxygen atoms in total. The Hall–Kier alpha value is -10.3. The molecule has 13 aromatic rings. The van der Waals surface area contributed by atoms with Crippen LogP contribution in [0.4, 0.5) is 51.2 Å². The number of benzene rings is 12. The topological polar surface area (TPSA) is 32.1 Å². The van der Waals surface area contributed by atoms with E-state index in [1.165, 1.54) is 5.46 Å². The van der Waals surface area contributed by atoms with Crippen LogP contribution in [0.3, 0.4) is 0 Å². The average Bonchev–Trinajstić information content (AvgIpc) is 4.04. The molecule has 0 saturated heterocycles.